The van der Waals surface area contributed by atoms with E-state index in [2.05, 4.69) is 10.3 Å². The fraction of sp³-hybridized carbons (Fsp3) is 0.429. The highest BCUT2D eigenvalue weighted by atomic mass is 35.5. The van der Waals surface area contributed by atoms with Crippen LogP contribution < -0.4 is 5.32 Å². The van der Waals surface area contributed by atoms with Gasteiger partial charge in [0.05, 0.1) is 10.2 Å². The van der Waals surface area contributed by atoms with Crippen LogP contribution in [-0.4, -0.2) is 10.9 Å². The summed E-state index contributed by atoms with van der Waals surface area (Å²) in [4.78, 5) is 16.5. The maximum Gasteiger partial charge on any atom is 0.229 e. The molecule has 0 spiro atoms. The first-order valence-corrected chi connectivity index (χ1v) is 7.62. The summed E-state index contributed by atoms with van der Waals surface area (Å²) in [6, 6.07) is 3.80. The van der Waals surface area contributed by atoms with E-state index in [1.165, 1.54) is 11.3 Å². The second-order valence-electron chi connectivity index (χ2n) is 4.54. The summed E-state index contributed by atoms with van der Waals surface area (Å²) in [6.07, 6.45) is 1.69. The quantitative estimate of drug-likeness (QED) is 0.893. The molecule has 3 nitrogen and oxygen atoms in total. The van der Waals surface area contributed by atoms with Gasteiger partial charge in [0, 0.05) is 10.9 Å². The van der Waals surface area contributed by atoms with E-state index in [4.69, 9.17) is 11.6 Å². The maximum atomic E-state index is 12.0. The second kappa shape index (κ2) is 5.88. The number of benzene rings is 1. The lowest BCUT2D eigenvalue weighted by molar-refractivity contribution is -0.120. The van der Waals surface area contributed by atoms with Gasteiger partial charge in [0.2, 0.25) is 5.91 Å². The van der Waals surface area contributed by atoms with Crippen molar-refractivity contribution in [3.8, 4) is 0 Å². The molecule has 5 heteroatoms. The first kappa shape index (κ1) is 14.3. The lowest BCUT2D eigenvalue weighted by atomic mass is 10.0. The van der Waals surface area contributed by atoms with Crippen molar-refractivity contribution in [3.63, 3.8) is 0 Å². The minimum atomic E-state index is 0.0489. The van der Waals surface area contributed by atoms with Crippen LogP contribution in [0.25, 0.3) is 10.2 Å². The maximum absolute atomic E-state index is 12.0. The molecule has 0 aliphatic rings. The van der Waals surface area contributed by atoms with E-state index in [-0.39, 0.29) is 11.8 Å². The van der Waals surface area contributed by atoms with Crippen molar-refractivity contribution in [3.05, 3.63) is 22.7 Å². The molecule has 1 aromatic carbocycles. The van der Waals surface area contributed by atoms with Crippen LogP contribution in [0.2, 0.25) is 5.02 Å². The van der Waals surface area contributed by atoms with Crippen molar-refractivity contribution in [2.75, 3.05) is 5.32 Å². The van der Waals surface area contributed by atoms with Gasteiger partial charge >= 0.3 is 0 Å². The lowest BCUT2D eigenvalue weighted by Crippen LogP contribution is -2.21. The summed E-state index contributed by atoms with van der Waals surface area (Å²) in [5, 5.41) is 4.26. The molecule has 19 heavy (non-hydrogen) atoms. The second-order valence-corrected chi connectivity index (χ2v) is 5.98. The molecule has 102 valence electrons. The van der Waals surface area contributed by atoms with E-state index >= 15 is 0 Å². The average molecular weight is 297 g/mol. The van der Waals surface area contributed by atoms with Gasteiger partial charge in [-0.05, 0) is 37.5 Å². The topological polar surface area (TPSA) is 42.0 Å². The minimum absolute atomic E-state index is 0.0489. The molecule has 1 amide bonds. The van der Waals surface area contributed by atoms with Gasteiger partial charge in [-0.1, -0.05) is 36.8 Å². The number of nitrogens with zero attached hydrogens (tertiary/aromatic N) is 1. The molecule has 0 bridgehead atoms. The largest absolute Gasteiger partial charge is 0.302 e. The van der Waals surface area contributed by atoms with Crippen LogP contribution in [0.3, 0.4) is 0 Å². The molecule has 1 aromatic heterocycles. The smallest absolute Gasteiger partial charge is 0.229 e. The molecule has 0 aliphatic carbocycles. The zero-order valence-corrected chi connectivity index (χ0v) is 12.9. The number of aryl methyl sites for hydroxylation is 1. The van der Waals surface area contributed by atoms with Gasteiger partial charge in [0.25, 0.3) is 0 Å². The van der Waals surface area contributed by atoms with Crippen molar-refractivity contribution < 1.29 is 4.79 Å². The number of halogens is 1. The molecule has 1 heterocycles. The molecule has 2 aromatic rings. The molecule has 0 saturated carbocycles. The molecule has 0 aliphatic heterocycles. The number of thiazole rings is 1. The third-order valence-electron chi connectivity index (χ3n) is 3.33. The Balaban J connectivity index is 2.27. The summed E-state index contributed by atoms with van der Waals surface area (Å²) in [7, 11) is 0. The summed E-state index contributed by atoms with van der Waals surface area (Å²) < 4.78 is 1.04. The van der Waals surface area contributed by atoms with Gasteiger partial charge in [0.15, 0.2) is 5.13 Å². The van der Waals surface area contributed by atoms with Gasteiger partial charge in [0.1, 0.15) is 0 Å². The van der Waals surface area contributed by atoms with Crippen molar-refractivity contribution >= 4 is 44.2 Å². The van der Waals surface area contributed by atoms with Crippen LogP contribution in [0.5, 0.6) is 0 Å². The number of carbonyl (C=O) groups is 1. The van der Waals surface area contributed by atoms with E-state index in [0.29, 0.717) is 10.2 Å². The number of rotatable bonds is 4. The van der Waals surface area contributed by atoms with Crippen LogP contribution >= 0.6 is 22.9 Å². The van der Waals surface area contributed by atoms with Crippen LogP contribution in [0.4, 0.5) is 5.13 Å². The van der Waals surface area contributed by atoms with Crippen molar-refractivity contribution in [2.45, 2.75) is 33.6 Å². The Labute approximate surface area is 122 Å². The molecule has 0 atom stereocenters. The summed E-state index contributed by atoms with van der Waals surface area (Å²) >= 11 is 7.56. The van der Waals surface area contributed by atoms with Gasteiger partial charge in [-0.2, -0.15) is 0 Å². The number of anilines is 1. The molecule has 0 fully saturated rings. The van der Waals surface area contributed by atoms with Crippen molar-refractivity contribution in [2.24, 2.45) is 5.92 Å². The number of fused-ring (bicyclic) bond motifs is 1. The van der Waals surface area contributed by atoms with Gasteiger partial charge in [-0.3, -0.25) is 4.79 Å². The highest BCUT2D eigenvalue weighted by Gasteiger charge is 2.16. The van der Waals surface area contributed by atoms with E-state index in [9.17, 15) is 4.79 Å². The lowest BCUT2D eigenvalue weighted by Gasteiger charge is -2.10. The predicted octanol–water partition coefficient (Wildman–Crippen LogP) is 4.63. The number of hydrogen-bond donors (Lipinski definition) is 1. The summed E-state index contributed by atoms with van der Waals surface area (Å²) in [5.41, 5.74) is 1.83. The fourth-order valence-corrected chi connectivity index (χ4v) is 3.10. The molecule has 1 N–H and O–H groups in total. The minimum Gasteiger partial charge on any atom is -0.302 e. The highest BCUT2D eigenvalue weighted by molar-refractivity contribution is 7.22. The van der Waals surface area contributed by atoms with Gasteiger partial charge in [-0.25, -0.2) is 4.98 Å². The van der Waals surface area contributed by atoms with Crippen LogP contribution in [-0.2, 0) is 4.79 Å². The zero-order valence-electron chi connectivity index (χ0n) is 11.3. The molecule has 0 radical (unpaired) electrons. The number of amides is 1. The Kier molecular flexibility index (Phi) is 4.42. The SMILES string of the molecule is CCC(CC)C(=O)Nc1nc2c(C)c(Cl)ccc2s1. The van der Waals surface area contributed by atoms with Gasteiger partial charge in [-0.15, -0.1) is 0 Å². The number of aromatic nitrogens is 1. The van der Waals surface area contributed by atoms with E-state index in [0.717, 1.165) is 28.6 Å². The number of hydrogen-bond acceptors (Lipinski definition) is 3. The van der Waals surface area contributed by atoms with Crippen molar-refractivity contribution in [1.29, 1.82) is 0 Å². The Morgan fingerprint density at radius 3 is 2.74 bits per heavy atom. The molecule has 2 rings (SSSR count). The Hall–Kier alpha value is -1.13. The standard InChI is InChI=1S/C14H17ClN2OS/c1-4-9(5-2)13(18)17-14-16-12-8(3)10(15)6-7-11(12)19-14/h6-7,9H,4-5H2,1-3H3,(H,16,17,18). The highest BCUT2D eigenvalue weighted by Crippen LogP contribution is 2.31. The van der Waals surface area contributed by atoms with Crippen LogP contribution in [0.1, 0.15) is 32.3 Å². The number of carbonyl (C=O) groups excluding carboxylic acids is 1. The van der Waals surface area contributed by atoms with Gasteiger partial charge < -0.3 is 5.32 Å². The van der Waals surface area contributed by atoms with E-state index in [1.54, 1.807) is 0 Å². The van der Waals surface area contributed by atoms with E-state index < -0.39 is 0 Å². The zero-order chi connectivity index (χ0) is 14.0. The first-order valence-electron chi connectivity index (χ1n) is 6.43. The molecule has 0 saturated heterocycles. The Morgan fingerprint density at radius 2 is 2.11 bits per heavy atom. The molecule has 0 unspecified atom stereocenters. The fourth-order valence-electron chi connectivity index (χ4n) is 2.02. The van der Waals surface area contributed by atoms with Crippen LogP contribution in [0.15, 0.2) is 12.1 Å². The predicted molar refractivity (Wildman–Crippen MR) is 82.1 cm³/mol. The van der Waals surface area contributed by atoms with Crippen LogP contribution in [0, 0.1) is 12.8 Å². The third-order valence-corrected chi connectivity index (χ3v) is 4.68. The summed E-state index contributed by atoms with van der Waals surface area (Å²) in [5.74, 6) is 0.101. The Bertz CT molecular complexity index is 605. The van der Waals surface area contributed by atoms with E-state index in [1.807, 2.05) is 32.9 Å². The monoisotopic (exact) mass is 296 g/mol. The normalized spacial score (nSPS) is 11.2. The summed E-state index contributed by atoms with van der Waals surface area (Å²) in [6.45, 7) is 5.99. The first-order chi connectivity index (χ1) is 9.06. The molecular formula is C14H17ClN2OS. The third kappa shape index (κ3) is 2.90. The number of nitrogens with one attached hydrogen (secondary N) is 1. The van der Waals surface area contributed by atoms with Crippen molar-refractivity contribution in [1.82, 2.24) is 4.98 Å². The average Bonchev–Trinajstić information content (AvgIpc) is 2.79. The Morgan fingerprint density at radius 1 is 1.42 bits per heavy atom. The molecular weight excluding hydrogens is 280 g/mol.